The first-order valence-electron chi connectivity index (χ1n) is 5.09. The summed E-state index contributed by atoms with van der Waals surface area (Å²) in [6.45, 7) is 1.91. The number of carbonyl (C=O) groups excluding carboxylic acids is 1. The molecular weight excluding hydrogens is 247 g/mol. The highest BCUT2D eigenvalue weighted by Crippen LogP contribution is 2.23. The van der Waals surface area contributed by atoms with E-state index in [0.717, 1.165) is 18.6 Å². The molecule has 6 heteroatoms. The Morgan fingerprint density at radius 3 is 2.82 bits per heavy atom. The van der Waals surface area contributed by atoms with Gasteiger partial charge >= 0.3 is 0 Å². The predicted molar refractivity (Wildman–Crippen MR) is 66.8 cm³/mol. The third-order valence-corrected chi connectivity index (χ3v) is 2.15. The van der Waals surface area contributed by atoms with Crippen LogP contribution < -0.4 is 11.1 Å². The second-order valence-electron chi connectivity index (χ2n) is 3.55. The molecule has 1 unspecified atom stereocenters. The van der Waals surface area contributed by atoms with Gasteiger partial charge in [-0.1, -0.05) is 13.3 Å². The molecule has 4 N–H and O–H groups in total. The van der Waals surface area contributed by atoms with Gasteiger partial charge in [0.15, 0.2) is 0 Å². The zero-order valence-corrected chi connectivity index (χ0v) is 10.3. The zero-order chi connectivity index (χ0) is 12.1. The van der Waals surface area contributed by atoms with E-state index in [4.69, 9.17) is 5.73 Å². The molecule has 1 rings (SSSR count). The van der Waals surface area contributed by atoms with Crippen LogP contribution in [-0.2, 0) is 4.79 Å². The molecule has 96 valence electrons. The zero-order valence-electron chi connectivity index (χ0n) is 9.44. The van der Waals surface area contributed by atoms with Crippen molar-refractivity contribution in [1.82, 2.24) is 0 Å². The molecule has 1 aromatic carbocycles. The first-order chi connectivity index (χ1) is 7.54. The molecule has 4 nitrogen and oxygen atoms in total. The number of hydrogen-bond acceptors (Lipinski definition) is 3. The van der Waals surface area contributed by atoms with Gasteiger partial charge in [0, 0.05) is 6.07 Å². The van der Waals surface area contributed by atoms with E-state index in [0.29, 0.717) is 6.42 Å². The van der Waals surface area contributed by atoms with Gasteiger partial charge in [0.05, 0.1) is 11.7 Å². The monoisotopic (exact) mass is 262 g/mol. The third-order valence-electron chi connectivity index (χ3n) is 2.15. The van der Waals surface area contributed by atoms with Crippen LogP contribution in [0, 0.1) is 5.82 Å². The van der Waals surface area contributed by atoms with Crippen molar-refractivity contribution in [2.24, 2.45) is 5.73 Å². The molecule has 1 atom stereocenters. The number of rotatable bonds is 4. The maximum Gasteiger partial charge on any atom is 0.241 e. The summed E-state index contributed by atoms with van der Waals surface area (Å²) in [7, 11) is 0. The summed E-state index contributed by atoms with van der Waals surface area (Å²) >= 11 is 0. The molecular formula is C11H16ClFN2O2. The summed E-state index contributed by atoms with van der Waals surface area (Å²) in [6, 6.07) is 2.69. The number of amides is 1. The van der Waals surface area contributed by atoms with Gasteiger partial charge < -0.3 is 16.2 Å². The number of nitrogens with one attached hydrogen (secondary N) is 1. The van der Waals surface area contributed by atoms with E-state index in [1.807, 2.05) is 6.92 Å². The number of phenols is 1. The summed E-state index contributed by atoms with van der Waals surface area (Å²) in [5.41, 5.74) is 5.61. The Hall–Kier alpha value is -1.33. The topological polar surface area (TPSA) is 75.4 Å². The molecule has 0 aliphatic carbocycles. The van der Waals surface area contributed by atoms with Crippen LogP contribution in [0.4, 0.5) is 10.1 Å². The SMILES string of the molecule is CCCC(N)C(=O)Nc1cc(F)ccc1O.Cl. The number of benzene rings is 1. The Kier molecular flexibility index (Phi) is 6.53. The average Bonchev–Trinajstić information content (AvgIpc) is 2.23. The molecule has 0 aromatic heterocycles. The van der Waals surface area contributed by atoms with Gasteiger partial charge in [-0.15, -0.1) is 12.4 Å². The van der Waals surface area contributed by atoms with Gasteiger partial charge in [0.25, 0.3) is 0 Å². The maximum absolute atomic E-state index is 12.9. The van der Waals surface area contributed by atoms with Crippen LogP contribution in [-0.4, -0.2) is 17.1 Å². The van der Waals surface area contributed by atoms with Gasteiger partial charge in [-0.3, -0.25) is 4.79 Å². The van der Waals surface area contributed by atoms with Crippen LogP contribution in [0.1, 0.15) is 19.8 Å². The van der Waals surface area contributed by atoms with E-state index < -0.39 is 17.8 Å². The Morgan fingerprint density at radius 2 is 2.24 bits per heavy atom. The van der Waals surface area contributed by atoms with Crippen LogP contribution in [0.2, 0.25) is 0 Å². The number of nitrogens with two attached hydrogens (primary N) is 1. The maximum atomic E-state index is 12.9. The third kappa shape index (κ3) is 4.58. The molecule has 1 aromatic rings. The van der Waals surface area contributed by atoms with Crippen LogP contribution >= 0.6 is 12.4 Å². The van der Waals surface area contributed by atoms with E-state index in [-0.39, 0.29) is 23.8 Å². The molecule has 0 radical (unpaired) electrons. The highest BCUT2D eigenvalue weighted by Gasteiger charge is 2.14. The number of hydrogen-bond donors (Lipinski definition) is 3. The van der Waals surface area contributed by atoms with Crippen LogP contribution in [0.5, 0.6) is 5.75 Å². The van der Waals surface area contributed by atoms with Crippen LogP contribution in [0.3, 0.4) is 0 Å². The standard InChI is InChI=1S/C11H15FN2O2.ClH/c1-2-3-8(13)11(16)14-9-6-7(12)4-5-10(9)15;/h4-6,8,15H,2-3,13H2,1H3,(H,14,16);1H. The van der Waals surface area contributed by atoms with E-state index in [9.17, 15) is 14.3 Å². The van der Waals surface area contributed by atoms with Crippen LogP contribution in [0.25, 0.3) is 0 Å². The summed E-state index contributed by atoms with van der Waals surface area (Å²) in [4.78, 5) is 11.5. The first-order valence-corrected chi connectivity index (χ1v) is 5.09. The number of anilines is 1. The van der Waals surface area contributed by atoms with Crippen molar-refractivity contribution in [3.05, 3.63) is 24.0 Å². The summed E-state index contributed by atoms with van der Waals surface area (Å²) < 4.78 is 12.9. The van der Waals surface area contributed by atoms with Crippen molar-refractivity contribution in [3.8, 4) is 5.75 Å². The molecule has 0 heterocycles. The number of carbonyl (C=O) groups is 1. The van der Waals surface area contributed by atoms with Crippen molar-refractivity contribution in [1.29, 1.82) is 0 Å². The van der Waals surface area contributed by atoms with Crippen LogP contribution in [0.15, 0.2) is 18.2 Å². The smallest absolute Gasteiger partial charge is 0.241 e. The molecule has 0 saturated carbocycles. The predicted octanol–water partition coefficient (Wildman–Crippen LogP) is 2.02. The molecule has 0 saturated heterocycles. The minimum atomic E-state index is -0.646. The van der Waals surface area contributed by atoms with Crippen molar-refractivity contribution in [2.75, 3.05) is 5.32 Å². The van der Waals surface area contributed by atoms with Crippen molar-refractivity contribution < 1.29 is 14.3 Å². The number of halogens is 2. The first kappa shape index (κ1) is 15.7. The van der Waals surface area contributed by atoms with Crippen molar-refractivity contribution >= 4 is 24.0 Å². The summed E-state index contributed by atoms with van der Waals surface area (Å²) in [5.74, 6) is -1.14. The van der Waals surface area contributed by atoms with Crippen molar-refractivity contribution in [3.63, 3.8) is 0 Å². The fourth-order valence-corrected chi connectivity index (χ4v) is 1.28. The van der Waals surface area contributed by atoms with Gasteiger partial charge in [-0.2, -0.15) is 0 Å². The number of phenolic OH excluding ortho intramolecular Hbond substituents is 1. The lowest BCUT2D eigenvalue weighted by atomic mass is 10.1. The molecule has 0 fully saturated rings. The minimum Gasteiger partial charge on any atom is -0.506 e. The molecule has 17 heavy (non-hydrogen) atoms. The highest BCUT2D eigenvalue weighted by molar-refractivity contribution is 5.95. The Balaban J connectivity index is 0.00000256. The van der Waals surface area contributed by atoms with E-state index in [1.165, 1.54) is 6.07 Å². The second-order valence-corrected chi connectivity index (χ2v) is 3.55. The van der Waals surface area contributed by atoms with Gasteiger partial charge in [0.1, 0.15) is 11.6 Å². The average molecular weight is 263 g/mol. The fourth-order valence-electron chi connectivity index (χ4n) is 1.28. The lowest BCUT2D eigenvalue weighted by Crippen LogP contribution is -2.35. The summed E-state index contributed by atoms with van der Waals surface area (Å²) in [5, 5.41) is 11.8. The number of aromatic hydroxyl groups is 1. The fraction of sp³-hybridized carbons (Fsp3) is 0.364. The van der Waals surface area contributed by atoms with Crippen molar-refractivity contribution in [2.45, 2.75) is 25.8 Å². The highest BCUT2D eigenvalue weighted by atomic mass is 35.5. The Labute approximate surface area is 105 Å². The molecule has 0 aliphatic heterocycles. The minimum absolute atomic E-state index is 0. The van der Waals surface area contributed by atoms with Gasteiger partial charge in [0.2, 0.25) is 5.91 Å². The molecule has 0 spiro atoms. The Bertz CT molecular complexity index is 388. The Morgan fingerprint density at radius 1 is 1.59 bits per heavy atom. The second kappa shape index (κ2) is 7.09. The molecule has 0 aliphatic rings. The van der Waals surface area contributed by atoms with E-state index in [2.05, 4.69) is 5.32 Å². The lowest BCUT2D eigenvalue weighted by Gasteiger charge is -2.12. The largest absolute Gasteiger partial charge is 0.506 e. The lowest BCUT2D eigenvalue weighted by molar-refractivity contribution is -0.117. The normalized spacial score (nSPS) is 11.5. The van der Waals surface area contributed by atoms with E-state index >= 15 is 0 Å². The van der Waals surface area contributed by atoms with Gasteiger partial charge in [-0.25, -0.2) is 4.39 Å². The quantitative estimate of drug-likeness (QED) is 0.727. The van der Waals surface area contributed by atoms with Gasteiger partial charge in [-0.05, 0) is 18.6 Å². The molecule has 1 amide bonds. The van der Waals surface area contributed by atoms with E-state index in [1.54, 1.807) is 0 Å². The summed E-state index contributed by atoms with van der Waals surface area (Å²) in [6.07, 6.45) is 1.33. The molecule has 0 bridgehead atoms.